The Morgan fingerprint density at radius 2 is 2.21 bits per heavy atom. The Hall–Kier alpha value is -0.630. The van der Waals surface area contributed by atoms with Gasteiger partial charge in [-0.1, -0.05) is 0 Å². The smallest absolute Gasteiger partial charge is 0.244 e. The molecule has 106 valence electrons. The molecule has 0 saturated carbocycles. The SMILES string of the molecule is COc1ccc(Br)c(S(=O)(=O)N2CCNC(C)C2)c1. The summed E-state index contributed by atoms with van der Waals surface area (Å²) in [4.78, 5) is 0.251. The lowest BCUT2D eigenvalue weighted by atomic mass is 10.3. The first-order valence-electron chi connectivity index (χ1n) is 6.02. The summed E-state index contributed by atoms with van der Waals surface area (Å²) in [6.45, 7) is 3.60. The van der Waals surface area contributed by atoms with E-state index in [0.29, 0.717) is 29.9 Å². The number of sulfonamides is 1. The summed E-state index contributed by atoms with van der Waals surface area (Å²) in [6.07, 6.45) is 0. The average molecular weight is 349 g/mol. The topological polar surface area (TPSA) is 58.6 Å². The number of benzene rings is 1. The van der Waals surface area contributed by atoms with Gasteiger partial charge in [0.05, 0.1) is 7.11 Å². The zero-order chi connectivity index (χ0) is 14.0. The van der Waals surface area contributed by atoms with Crippen molar-refractivity contribution in [1.29, 1.82) is 0 Å². The van der Waals surface area contributed by atoms with Crippen molar-refractivity contribution in [2.45, 2.75) is 17.9 Å². The van der Waals surface area contributed by atoms with E-state index in [-0.39, 0.29) is 10.9 Å². The van der Waals surface area contributed by atoms with Crippen LogP contribution in [0.15, 0.2) is 27.6 Å². The minimum atomic E-state index is -3.49. The molecule has 1 atom stereocenters. The Morgan fingerprint density at radius 3 is 2.84 bits per heavy atom. The first kappa shape index (κ1) is 14.8. The molecule has 19 heavy (non-hydrogen) atoms. The molecule has 1 heterocycles. The van der Waals surface area contributed by atoms with Crippen molar-refractivity contribution in [2.75, 3.05) is 26.7 Å². The van der Waals surface area contributed by atoms with Crippen LogP contribution >= 0.6 is 15.9 Å². The molecular weight excluding hydrogens is 332 g/mol. The maximum atomic E-state index is 12.6. The van der Waals surface area contributed by atoms with Crippen LogP contribution in [0.2, 0.25) is 0 Å². The molecule has 0 spiro atoms. The highest BCUT2D eigenvalue weighted by atomic mass is 79.9. The quantitative estimate of drug-likeness (QED) is 0.897. The molecule has 7 heteroatoms. The van der Waals surface area contributed by atoms with Crippen molar-refractivity contribution < 1.29 is 13.2 Å². The van der Waals surface area contributed by atoms with Gasteiger partial charge in [0.25, 0.3) is 0 Å². The Labute approximate surface area is 122 Å². The molecule has 0 amide bonds. The first-order valence-corrected chi connectivity index (χ1v) is 8.25. The van der Waals surface area contributed by atoms with E-state index in [1.807, 2.05) is 6.92 Å². The van der Waals surface area contributed by atoms with Crippen molar-refractivity contribution in [3.63, 3.8) is 0 Å². The normalized spacial score (nSPS) is 21.3. The van der Waals surface area contributed by atoms with Gasteiger partial charge in [0, 0.05) is 36.2 Å². The molecule has 1 aromatic carbocycles. The predicted octanol–water partition coefficient (Wildman–Crippen LogP) is 1.44. The summed E-state index contributed by atoms with van der Waals surface area (Å²) >= 11 is 3.30. The Balaban J connectivity index is 2.38. The van der Waals surface area contributed by atoms with E-state index in [1.165, 1.54) is 11.4 Å². The van der Waals surface area contributed by atoms with Crippen molar-refractivity contribution in [3.05, 3.63) is 22.7 Å². The van der Waals surface area contributed by atoms with Crippen molar-refractivity contribution in [1.82, 2.24) is 9.62 Å². The number of nitrogens with one attached hydrogen (secondary N) is 1. The standard InChI is InChI=1S/C12H17BrN2O3S/c1-9-8-15(6-5-14-9)19(16,17)12-7-10(18-2)3-4-11(12)13/h3-4,7,9,14H,5-6,8H2,1-2H3. The molecule has 1 fully saturated rings. The number of piperazine rings is 1. The van der Waals surface area contributed by atoms with Gasteiger partial charge in [-0.3, -0.25) is 0 Å². The summed E-state index contributed by atoms with van der Waals surface area (Å²) in [5, 5.41) is 3.23. The van der Waals surface area contributed by atoms with Crippen LogP contribution in [0.25, 0.3) is 0 Å². The van der Waals surface area contributed by atoms with Gasteiger partial charge in [0.2, 0.25) is 10.0 Å². The third-order valence-electron chi connectivity index (χ3n) is 3.09. The van der Waals surface area contributed by atoms with Crippen molar-refractivity contribution in [3.8, 4) is 5.75 Å². The lowest BCUT2D eigenvalue weighted by Gasteiger charge is -2.31. The van der Waals surface area contributed by atoms with E-state index in [4.69, 9.17) is 4.74 Å². The van der Waals surface area contributed by atoms with E-state index in [1.54, 1.807) is 18.2 Å². The van der Waals surface area contributed by atoms with Gasteiger partial charge in [-0.15, -0.1) is 0 Å². The molecule has 1 aliphatic rings. The average Bonchev–Trinajstić information content (AvgIpc) is 2.39. The monoisotopic (exact) mass is 348 g/mol. The van der Waals surface area contributed by atoms with Gasteiger partial charge >= 0.3 is 0 Å². The van der Waals surface area contributed by atoms with Gasteiger partial charge < -0.3 is 10.1 Å². The molecule has 0 radical (unpaired) electrons. The van der Waals surface area contributed by atoms with Gasteiger partial charge in [0.1, 0.15) is 10.6 Å². The summed E-state index contributed by atoms with van der Waals surface area (Å²) < 4.78 is 32.4. The van der Waals surface area contributed by atoms with Crippen molar-refractivity contribution >= 4 is 26.0 Å². The molecule has 0 aromatic heterocycles. The fraction of sp³-hybridized carbons (Fsp3) is 0.500. The van der Waals surface area contributed by atoms with Crippen LogP contribution in [0.3, 0.4) is 0 Å². The predicted molar refractivity (Wildman–Crippen MR) is 76.9 cm³/mol. The first-order chi connectivity index (χ1) is 8.95. The summed E-state index contributed by atoms with van der Waals surface area (Å²) in [5.74, 6) is 0.532. The van der Waals surface area contributed by atoms with Gasteiger partial charge in [-0.25, -0.2) is 8.42 Å². The summed E-state index contributed by atoms with van der Waals surface area (Å²) in [5.41, 5.74) is 0. The van der Waals surface area contributed by atoms with Crippen LogP contribution in [0, 0.1) is 0 Å². The summed E-state index contributed by atoms with van der Waals surface area (Å²) in [7, 11) is -1.97. The zero-order valence-electron chi connectivity index (χ0n) is 10.9. The van der Waals surface area contributed by atoms with Crippen LogP contribution in [-0.4, -0.2) is 45.5 Å². The molecule has 1 aromatic rings. The van der Waals surface area contributed by atoms with Crippen LogP contribution in [0.5, 0.6) is 5.75 Å². The summed E-state index contributed by atoms with van der Waals surface area (Å²) in [6, 6.07) is 5.13. The molecule has 5 nitrogen and oxygen atoms in total. The Bertz CT molecular complexity index is 562. The number of hydrogen-bond donors (Lipinski definition) is 1. The highest BCUT2D eigenvalue weighted by Crippen LogP contribution is 2.29. The minimum absolute atomic E-state index is 0.160. The number of hydrogen-bond acceptors (Lipinski definition) is 4. The number of methoxy groups -OCH3 is 1. The maximum Gasteiger partial charge on any atom is 0.244 e. The lowest BCUT2D eigenvalue weighted by Crippen LogP contribution is -2.51. The zero-order valence-corrected chi connectivity index (χ0v) is 13.3. The molecule has 0 aliphatic carbocycles. The number of nitrogens with zero attached hydrogens (tertiary/aromatic N) is 1. The van der Waals surface area contributed by atoms with Crippen LogP contribution in [0.4, 0.5) is 0 Å². The van der Waals surface area contributed by atoms with E-state index >= 15 is 0 Å². The Morgan fingerprint density at radius 1 is 1.47 bits per heavy atom. The second-order valence-electron chi connectivity index (χ2n) is 4.51. The number of halogens is 1. The van der Waals surface area contributed by atoms with E-state index in [0.717, 1.165) is 0 Å². The minimum Gasteiger partial charge on any atom is -0.497 e. The second-order valence-corrected chi connectivity index (χ2v) is 7.28. The van der Waals surface area contributed by atoms with Gasteiger partial charge in [0.15, 0.2) is 0 Å². The van der Waals surface area contributed by atoms with E-state index in [2.05, 4.69) is 21.2 Å². The highest BCUT2D eigenvalue weighted by Gasteiger charge is 2.30. The molecule has 1 unspecified atom stereocenters. The molecular formula is C12H17BrN2O3S. The molecule has 0 bridgehead atoms. The van der Waals surface area contributed by atoms with Gasteiger partial charge in [-0.05, 0) is 35.0 Å². The molecule has 1 saturated heterocycles. The maximum absolute atomic E-state index is 12.6. The lowest BCUT2D eigenvalue weighted by molar-refractivity contribution is 0.310. The Kier molecular flexibility index (Phi) is 4.50. The second kappa shape index (κ2) is 5.78. The fourth-order valence-electron chi connectivity index (χ4n) is 2.06. The molecule has 1 N–H and O–H groups in total. The number of ether oxygens (including phenoxy) is 1. The van der Waals surface area contributed by atoms with Crippen LogP contribution < -0.4 is 10.1 Å². The fourth-order valence-corrected chi connectivity index (χ4v) is 4.53. The van der Waals surface area contributed by atoms with E-state index < -0.39 is 10.0 Å². The van der Waals surface area contributed by atoms with Crippen LogP contribution in [0.1, 0.15) is 6.92 Å². The molecule has 1 aliphatic heterocycles. The number of rotatable bonds is 3. The third-order valence-corrected chi connectivity index (χ3v) is 5.95. The van der Waals surface area contributed by atoms with Crippen molar-refractivity contribution in [2.24, 2.45) is 0 Å². The largest absolute Gasteiger partial charge is 0.497 e. The highest BCUT2D eigenvalue weighted by molar-refractivity contribution is 9.10. The van der Waals surface area contributed by atoms with Gasteiger partial charge in [-0.2, -0.15) is 4.31 Å². The van der Waals surface area contributed by atoms with Crippen LogP contribution in [-0.2, 0) is 10.0 Å². The third kappa shape index (κ3) is 3.10. The van der Waals surface area contributed by atoms with E-state index in [9.17, 15) is 8.42 Å². The molecule has 2 rings (SSSR count).